The van der Waals surface area contributed by atoms with Gasteiger partial charge in [-0.15, -0.1) is 0 Å². The molecule has 15 heavy (non-hydrogen) atoms. The second kappa shape index (κ2) is 10.3. The van der Waals surface area contributed by atoms with E-state index in [1.807, 2.05) is 0 Å². The first-order valence-electron chi connectivity index (χ1n) is 6.52. The molecule has 0 radical (unpaired) electrons. The lowest BCUT2D eigenvalue weighted by molar-refractivity contribution is 0.246. The maximum atomic E-state index is 5.85. The fraction of sp³-hybridized carbons (Fsp3) is 0.846. The molecular formula is C13H27BO. The number of rotatable bonds is 9. The third-order valence-electron chi connectivity index (χ3n) is 2.36. The fourth-order valence-corrected chi connectivity index (χ4v) is 1.53. The first-order valence-corrected chi connectivity index (χ1v) is 6.52. The van der Waals surface area contributed by atoms with Crippen molar-refractivity contribution < 1.29 is 4.65 Å². The normalized spacial score (nSPS) is 11.5. The van der Waals surface area contributed by atoms with Crippen molar-refractivity contribution >= 4 is 6.92 Å². The molecule has 0 fully saturated rings. The second-order valence-corrected chi connectivity index (χ2v) is 4.44. The summed E-state index contributed by atoms with van der Waals surface area (Å²) in [6.45, 7) is 9.01. The van der Waals surface area contributed by atoms with Crippen LogP contribution in [0.15, 0.2) is 12.1 Å². The minimum Gasteiger partial charge on any atom is -0.429 e. The Morgan fingerprint density at radius 2 is 1.80 bits per heavy atom. The van der Waals surface area contributed by atoms with E-state index in [1.54, 1.807) is 0 Å². The molecule has 88 valence electrons. The largest absolute Gasteiger partial charge is 0.429 e. The van der Waals surface area contributed by atoms with Gasteiger partial charge in [0.2, 0.25) is 0 Å². The first-order chi connectivity index (χ1) is 7.20. The molecule has 0 atom stereocenters. The Morgan fingerprint density at radius 3 is 2.33 bits per heavy atom. The predicted octanol–water partition coefficient (Wildman–Crippen LogP) is 4.49. The highest BCUT2D eigenvalue weighted by atomic mass is 16.4. The van der Waals surface area contributed by atoms with Crippen LogP contribution in [-0.2, 0) is 4.65 Å². The van der Waals surface area contributed by atoms with Gasteiger partial charge in [-0.05, 0) is 26.6 Å². The topological polar surface area (TPSA) is 9.23 Å². The summed E-state index contributed by atoms with van der Waals surface area (Å²) in [6.07, 6.45) is 10.1. The van der Waals surface area contributed by atoms with Crippen LogP contribution < -0.4 is 0 Å². The Labute approximate surface area is 96.4 Å². The maximum Gasteiger partial charge on any atom is 0.319 e. The molecule has 1 nitrogen and oxygen atoms in total. The fourth-order valence-electron chi connectivity index (χ4n) is 1.53. The highest BCUT2D eigenvalue weighted by molar-refractivity contribution is 6.57. The van der Waals surface area contributed by atoms with Gasteiger partial charge < -0.3 is 4.65 Å². The highest BCUT2D eigenvalue weighted by Gasteiger charge is 2.12. The molecule has 0 aliphatic carbocycles. The monoisotopic (exact) mass is 210 g/mol. The molecule has 0 aliphatic rings. The number of allylic oxidation sites excluding steroid dienone is 1. The van der Waals surface area contributed by atoms with E-state index in [9.17, 15) is 0 Å². The molecule has 0 aromatic heterocycles. The quantitative estimate of drug-likeness (QED) is 0.402. The van der Waals surface area contributed by atoms with Crippen molar-refractivity contribution in [2.45, 2.75) is 72.2 Å². The lowest BCUT2D eigenvalue weighted by Crippen LogP contribution is -2.20. The van der Waals surface area contributed by atoms with Crippen LogP contribution >= 0.6 is 0 Å². The number of unbranched alkanes of at least 4 members (excludes halogenated alkanes) is 3. The van der Waals surface area contributed by atoms with E-state index >= 15 is 0 Å². The molecule has 0 spiro atoms. The summed E-state index contributed by atoms with van der Waals surface area (Å²) < 4.78 is 5.85. The van der Waals surface area contributed by atoms with E-state index in [1.165, 1.54) is 32.1 Å². The molecule has 0 heterocycles. The third-order valence-corrected chi connectivity index (χ3v) is 2.36. The molecule has 0 bridgehead atoms. The van der Waals surface area contributed by atoms with Gasteiger partial charge in [0.1, 0.15) is 0 Å². The number of hydrogen-bond donors (Lipinski definition) is 0. The average molecular weight is 210 g/mol. The van der Waals surface area contributed by atoms with Crippen molar-refractivity contribution in [3.05, 3.63) is 12.1 Å². The standard InChI is InChI=1S/C13H27BO/c1-5-7-9-10-12-14(11-8-6-2)15-13(3)4/h10,12-13H,5-9,11H2,1-4H3/b12-10+. The van der Waals surface area contributed by atoms with Crippen LogP contribution in [0.4, 0.5) is 0 Å². The maximum absolute atomic E-state index is 5.85. The van der Waals surface area contributed by atoms with E-state index in [4.69, 9.17) is 4.65 Å². The van der Waals surface area contributed by atoms with E-state index in [0.29, 0.717) is 13.0 Å². The van der Waals surface area contributed by atoms with Crippen molar-refractivity contribution in [3.8, 4) is 0 Å². The van der Waals surface area contributed by atoms with Crippen molar-refractivity contribution in [1.29, 1.82) is 0 Å². The van der Waals surface area contributed by atoms with Crippen LogP contribution in [0.25, 0.3) is 0 Å². The summed E-state index contributed by atoms with van der Waals surface area (Å²) in [6, 6.07) is 0. The van der Waals surface area contributed by atoms with E-state index in [-0.39, 0.29) is 0 Å². The smallest absolute Gasteiger partial charge is 0.319 e. The van der Waals surface area contributed by atoms with Crippen molar-refractivity contribution in [2.75, 3.05) is 0 Å². The van der Waals surface area contributed by atoms with Gasteiger partial charge >= 0.3 is 6.92 Å². The zero-order valence-corrected chi connectivity index (χ0v) is 11.0. The Balaban J connectivity index is 3.82. The lowest BCUT2D eigenvalue weighted by atomic mass is 9.63. The average Bonchev–Trinajstić information content (AvgIpc) is 2.19. The van der Waals surface area contributed by atoms with Crippen molar-refractivity contribution in [2.24, 2.45) is 0 Å². The second-order valence-electron chi connectivity index (χ2n) is 4.44. The molecule has 0 rings (SSSR count). The summed E-state index contributed by atoms with van der Waals surface area (Å²) >= 11 is 0. The van der Waals surface area contributed by atoms with Gasteiger partial charge in [0, 0.05) is 6.10 Å². The number of hydrogen-bond acceptors (Lipinski definition) is 1. The first kappa shape index (κ1) is 14.8. The van der Waals surface area contributed by atoms with E-state index in [0.717, 1.165) is 6.32 Å². The van der Waals surface area contributed by atoms with Crippen molar-refractivity contribution in [1.82, 2.24) is 0 Å². The Kier molecular flexibility index (Phi) is 10.1. The molecule has 0 unspecified atom stereocenters. The van der Waals surface area contributed by atoms with Crippen LogP contribution in [0.5, 0.6) is 0 Å². The van der Waals surface area contributed by atoms with Gasteiger partial charge in [-0.25, -0.2) is 0 Å². The van der Waals surface area contributed by atoms with Gasteiger partial charge in [-0.2, -0.15) is 0 Å². The SMILES string of the molecule is CCCC/C=C/B(CCCC)OC(C)C. The minimum atomic E-state index is 0.335. The Bertz CT molecular complexity index is 155. The van der Waals surface area contributed by atoms with Crippen LogP contribution in [0.1, 0.15) is 59.8 Å². The van der Waals surface area contributed by atoms with E-state index in [2.05, 4.69) is 39.7 Å². The summed E-state index contributed by atoms with van der Waals surface area (Å²) in [5.74, 6) is 2.26. The van der Waals surface area contributed by atoms with Crippen LogP contribution in [0.3, 0.4) is 0 Å². The molecule has 0 aromatic rings. The van der Waals surface area contributed by atoms with Gasteiger partial charge in [0.05, 0.1) is 0 Å². The zero-order chi connectivity index (χ0) is 11.5. The molecule has 0 aromatic carbocycles. The van der Waals surface area contributed by atoms with Crippen molar-refractivity contribution in [3.63, 3.8) is 0 Å². The lowest BCUT2D eigenvalue weighted by Gasteiger charge is -2.13. The third kappa shape index (κ3) is 10.1. The Hall–Kier alpha value is -0.235. The molecule has 0 saturated carbocycles. The van der Waals surface area contributed by atoms with Crippen LogP contribution in [0, 0.1) is 0 Å². The molecule has 0 saturated heterocycles. The van der Waals surface area contributed by atoms with Gasteiger partial charge in [0.15, 0.2) is 0 Å². The molecule has 0 N–H and O–H groups in total. The van der Waals surface area contributed by atoms with Gasteiger partial charge in [-0.1, -0.05) is 51.6 Å². The molecule has 0 amide bonds. The summed E-state index contributed by atoms with van der Waals surface area (Å²) in [5, 5.41) is 0. The van der Waals surface area contributed by atoms with Gasteiger partial charge in [0.25, 0.3) is 0 Å². The summed E-state index contributed by atoms with van der Waals surface area (Å²) in [5.41, 5.74) is 0. The van der Waals surface area contributed by atoms with Crippen LogP contribution in [0.2, 0.25) is 6.32 Å². The molecule has 2 heteroatoms. The van der Waals surface area contributed by atoms with Gasteiger partial charge in [-0.3, -0.25) is 0 Å². The minimum absolute atomic E-state index is 0.335. The molecular weight excluding hydrogens is 183 g/mol. The Morgan fingerprint density at radius 1 is 1.13 bits per heavy atom. The van der Waals surface area contributed by atoms with E-state index < -0.39 is 0 Å². The summed E-state index contributed by atoms with van der Waals surface area (Å²) in [7, 11) is 0. The molecule has 0 aliphatic heterocycles. The predicted molar refractivity (Wildman–Crippen MR) is 70.4 cm³/mol. The summed E-state index contributed by atoms with van der Waals surface area (Å²) in [4.78, 5) is 0. The zero-order valence-electron chi connectivity index (χ0n) is 11.0. The van der Waals surface area contributed by atoms with Crippen LogP contribution in [-0.4, -0.2) is 13.0 Å². The highest BCUT2D eigenvalue weighted by Crippen LogP contribution is 2.07.